The normalized spacial score (nSPS) is 12.6. The zero-order valence-corrected chi connectivity index (χ0v) is 12.6. The van der Waals surface area contributed by atoms with E-state index in [0.29, 0.717) is 12.0 Å². The minimum atomic E-state index is -0.531. The van der Waals surface area contributed by atoms with Gasteiger partial charge >= 0.3 is 0 Å². The van der Waals surface area contributed by atoms with Gasteiger partial charge in [-0.3, -0.25) is 0 Å². The van der Waals surface area contributed by atoms with E-state index in [4.69, 9.17) is 0 Å². The predicted molar refractivity (Wildman–Crippen MR) is 80.2 cm³/mol. The van der Waals surface area contributed by atoms with Gasteiger partial charge in [-0.15, -0.1) is 11.3 Å². The van der Waals surface area contributed by atoms with Gasteiger partial charge in [-0.25, -0.2) is 8.78 Å². The Morgan fingerprint density at radius 1 is 1.25 bits per heavy atom. The molecule has 2 rings (SSSR count). The lowest BCUT2D eigenvalue weighted by Gasteiger charge is -2.19. The first-order valence-corrected chi connectivity index (χ1v) is 7.71. The third-order valence-corrected chi connectivity index (χ3v) is 4.43. The zero-order chi connectivity index (χ0) is 14.5. The van der Waals surface area contributed by atoms with Crippen molar-refractivity contribution in [1.29, 1.82) is 0 Å². The second-order valence-corrected chi connectivity index (χ2v) is 5.86. The Kier molecular flexibility index (Phi) is 5.26. The first-order chi connectivity index (χ1) is 9.61. The maximum Gasteiger partial charge on any atom is 0.129 e. The van der Waals surface area contributed by atoms with Crippen LogP contribution in [-0.4, -0.2) is 6.54 Å². The van der Waals surface area contributed by atoms with Crippen LogP contribution in [0.3, 0.4) is 0 Å². The fraction of sp³-hybridized carbons (Fsp3) is 0.375. The first kappa shape index (κ1) is 15.1. The number of rotatable bonds is 6. The Morgan fingerprint density at radius 3 is 2.65 bits per heavy atom. The Balaban J connectivity index is 2.21. The Morgan fingerprint density at radius 2 is 2.05 bits per heavy atom. The molecule has 0 fully saturated rings. The van der Waals surface area contributed by atoms with Crippen LogP contribution in [0.2, 0.25) is 0 Å². The van der Waals surface area contributed by atoms with Crippen molar-refractivity contribution < 1.29 is 8.78 Å². The van der Waals surface area contributed by atoms with Crippen molar-refractivity contribution in [2.75, 3.05) is 6.54 Å². The van der Waals surface area contributed by atoms with Crippen LogP contribution < -0.4 is 5.32 Å². The first-order valence-electron chi connectivity index (χ1n) is 6.83. The molecule has 1 heterocycles. The summed E-state index contributed by atoms with van der Waals surface area (Å²) in [5.41, 5.74) is 1.76. The lowest BCUT2D eigenvalue weighted by atomic mass is 10.0. The maximum absolute atomic E-state index is 13.8. The molecule has 0 amide bonds. The number of halogens is 2. The molecule has 20 heavy (non-hydrogen) atoms. The fourth-order valence-electron chi connectivity index (χ4n) is 2.22. The van der Waals surface area contributed by atoms with E-state index >= 15 is 0 Å². The maximum atomic E-state index is 13.8. The van der Waals surface area contributed by atoms with E-state index in [-0.39, 0.29) is 6.04 Å². The summed E-state index contributed by atoms with van der Waals surface area (Å²) in [5, 5.41) is 5.50. The SMILES string of the molecule is CCCNC(Cc1ccc(F)cc1F)c1sccc1C. The number of thiophene rings is 1. The van der Waals surface area contributed by atoms with E-state index in [2.05, 4.69) is 25.2 Å². The van der Waals surface area contributed by atoms with Crippen LogP contribution in [0.25, 0.3) is 0 Å². The van der Waals surface area contributed by atoms with E-state index in [1.54, 1.807) is 11.3 Å². The predicted octanol–water partition coefficient (Wildman–Crippen LogP) is 4.62. The summed E-state index contributed by atoms with van der Waals surface area (Å²) in [6.07, 6.45) is 1.56. The molecule has 0 aliphatic rings. The topological polar surface area (TPSA) is 12.0 Å². The molecule has 1 unspecified atom stereocenters. The quantitative estimate of drug-likeness (QED) is 0.820. The monoisotopic (exact) mass is 295 g/mol. The molecule has 108 valence electrons. The standard InChI is InChI=1S/C16H19F2NS/c1-3-7-19-15(16-11(2)6-8-20-16)9-12-4-5-13(17)10-14(12)18/h4-6,8,10,15,19H,3,7,9H2,1-2H3. The molecule has 4 heteroatoms. The lowest BCUT2D eigenvalue weighted by molar-refractivity contribution is 0.512. The van der Waals surface area contributed by atoms with Crippen LogP contribution in [0, 0.1) is 18.6 Å². The second-order valence-electron chi connectivity index (χ2n) is 4.91. The summed E-state index contributed by atoms with van der Waals surface area (Å²) in [4.78, 5) is 1.22. The lowest BCUT2D eigenvalue weighted by Crippen LogP contribution is -2.24. The highest BCUT2D eigenvalue weighted by atomic mass is 32.1. The van der Waals surface area contributed by atoms with Gasteiger partial charge in [0, 0.05) is 17.0 Å². The third-order valence-electron chi connectivity index (χ3n) is 3.30. The van der Waals surface area contributed by atoms with Crippen LogP contribution in [-0.2, 0) is 6.42 Å². The third kappa shape index (κ3) is 3.64. The van der Waals surface area contributed by atoms with Crippen LogP contribution in [0.15, 0.2) is 29.6 Å². The average Bonchev–Trinajstić information content (AvgIpc) is 2.83. The molecule has 0 aliphatic carbocycles. The van der Waals surface area contributed by atoms with Crippen molar-refractivity contribution in [3.8, 4) is 0 Å². The largest absolute Gasteiger partial charge is 0.309 e. The number of hydrogen-bond acceptors (Lipinski definition) is 2. The summed E-state index contributed by atoms with van der Waals surface area (Å²) in [5.74, 6) is -1.00. The van der Waals surface area contributed by atoms with Gasteiger partial charge in [0.15, 0.2) is 0 Å². The van der Waals surface area contributed by atoms with E-state index in [1.165, 1.54) is 22.6 Å². The molecule has 1 aromatic carbocycles. The summed E-state index contributed by atoms with van der Waals surface area (Å²) in [6.45, 7) is 5.04. The van der Waals surface area contributed by atoms with Gasteiger partial charge in [0.25, 0.3) is 0 Å². The van der Waals surface area contributed by atoms with Gasteiger partial charge in [-0.05, 0) is 54.9 Å². The summed E-state index contributed by atoms with van der Waals surface area (Å²) in [7, 11) is 0. The molecule has 0 bridgehead atoms. The smallest absolute Gasteiger partial charge is 0.129 e. The van der Waals surface area contributed by atoms with Crippen molar-refractivity contribution in [3.63, 3.8) is 0 Å². The minimum Gasteiger partial charge on any atom is -0.309 e. The molecular formula is C16H19F2NS. The molecule has 0 saturated carbocycles. The van der Waals surface area contributed by atoms with Gasteiger partial charge in [0.1, 0.15) is 11.6 Å². The Hall–Kier alpha value is -1.26. The molecule has 0 radical (unpaired) electrons. The van der Waals surface area contributed by atoms with Gasteiger partial charge in [0.2, 0.25) is 0 Å². The van der Waals surface area contributed by atoms with Crippen molar-refractivity contribution >= 4 is 11.3 Å². The highest BCUT2D eigenvalue weighted by Crippen LogP contribution is 2.27. The highest BCUT2D eigenvalue weighted by Gasteiger charge is 2.17. The molecule has 0 aliphatic heterocycles. The minimum absolute atomic E-state index is 0.0786. The summed E-state index contributed by atoms with van der Waals surface area (Å²) < 4.78 is 26.8. The molecule has 2 aromatic rings. The Bertz CT molecular complexity index is 565. The van der Waals surface area contributed by atoms with Crippen LogP contribution in [0.4, 0.5) is 8.78 Å². The van der Waals surface area contributed by atoms with E-state index in [1.807, 2.05) is 5.38 Å². The van der Waals surface area contributed by atoms with Crippen LogP contribution >= 0.6 is 11.3 Å². The average molecular weight is 295 g/mol. The highest BCUT2D eigenvalue weighted by molar-refractivity contribution is 7.10. The van der Waals surface area contributed by atoms with Crippen molar-refractivity contribution in [3.05, 3.63) is 57.3 Å². The van der Waals surface area contributed by atoms with Gasteiger partial charge in [-0.2, -0.15) is 0 Å². The van der Waals surface area contributed by atoms with Gasteiger partial charge < -0.3 is 5.32 Å². The van der Waals surface area contributed by atoms with E-state index < -0.39 is 11.6 Å². The molecule has 1 nitrogen and oxygen atoms in total. The zero-order valence-electron chi connectivity index (χ0n) is 11.7. The molecular weight excluding hydrogens is 276 g/mol. The van der Waals surface area contributed by atoms with Crippen molar-refractivity contribution in [2.45, 2.75) is 32.7 Å². The fourth-order valence-corrected chi connectivity index (χ4v) is 3.23. The van der Waals surface area contributed by atoms with E-state index in [9.17, 15) is 8.78 Å². The number of aryl methyl sites for hydroxylation is 1. The van der Waals surface area contributed by atoms with Crippen LogP contribution in [0.1, 0.15) is 35.4 Å². The van der Waals surface area contributed by atoms with Gasteiger partial charge in [0.05, 0.1) is 0 Å². The summed E-state index contributed by atoms with van der Waals surface area (Å²) in [6, 6.07) is 5.95. The summed E-state index contributed by atoms with van der Waals surface area (Å²) >= 11 is 1.68. The number of hydrogen-bond donors (Lipinski definition) is 1. The molecule has 1 aromatic heterocycles. The molecule has 0 spiro atoms. The molecule has 0 saturated heterocycles. The second kappa shape index (κ2) is 6.95. The van der Waals surface area contributed by atoms with Crippen LogP contribution in [0.5, 0.6) is 0 Å². The van der Waals surface area contributed by atoms with Crippen molar-refractivity contribution in [1.82, 2.24) is 5.32 Å². The van der Waals surface area contributed by atoms with E-state index in [0.717, 1.165) is 19.0 Å². The van der Waals surface area contributed by atoms with Crippen molar-refractivity contribution in [2.24, 2.45) is 0 Å². The van der Waals surface area contributed by atoms with Gasteiger partial charge in [-0.1, -0.05) is 13.0 Å². The Labute approximate surface area is 122 Å². The number of nitrogens with one attached hydrogen (secondary N) is 1. The number of benzene rings is 1. The molecule has 1 N–H and O–H groups in total. The molecule has 1 atom stereocenters.